The van der Waals surface area contributed by atoms with Crippen molar-refractivity contribution >= 4 is 17.4 Å². The van der Waals surface area contributed by atoms with Crippen LogP contribution in [0.4, 0.5) is 5.69 Å². The summed E-state index contributed by atoms with van der Waals surface area (Å²) in [7, 11) is 0. The molecule has 4 nitrogen and oxygen atoms in total. The maximum Gasteiger partial charge on any atom is 0.232 e. The number of rotatable bonds is 0. The number of carbonyl (C=O) groups excluding carboxylic acids is 2. The van der Waals surface area contributed by atoms with Crippen molar-refractivity contribution in [3.05, 3.63) is 23.8 Å². The molecule has 0 saturated carbocycles. The molecule has 0 radical (unpaired) electrons. The number of nitrogens with one attached hydrogen (secondary N) is 1. The van der Waals surface area contributed by atoms with Gasteiger partial charge < -0.3 is 10.1 Å². The first-order chi connectivity index (χ1) is 7.15. The van der Waals surface area contributed by atoms with Crippen LogP contribution >= 0.6 is 0 Å². The lowest BCUT2D eigenvalue weighted by Crippen LogP contribution is -2.24. The lowest BCUT2D eigenvalue weighted by Gasteiger charge is -2.15. The third kappa shape index (κ3) is 2.15. The summed E-state index contributed by atoms with van der Waals surface area (Å²) < 4.78 is 5.28. The van der Waals surface area contributed by atoms with Gasteiger partial charge >= 0.3 is 0 Å². The molecule has 1 aliphatic rings. The molecule has 1 N–H and O–H groups in total. The second kappa shape index (κ2) is 3.73. The van der Waals surface area contributed by atoms with E-state index in [0.29, 0.717) is 11.4 Å². The van der Waals surface area contributed by atoms with E-state index in [0.717, 1.165) is 5.56 Å². The third-order valence-corrected chi connectivity index (χ3v) is 2.16. The van der Waals surface area contributed by atoms with E-state index in [4.69, 9.17) is 4.74 Å². The summed E-state index contributed by atoms with van der Waals surface area (Å²) >= 11 is 0. The zero-order valence-corrected chi connectivity index (χ0v) is 8.37. The minimum absolute atomic E-state index is 0.0382. The Balaban J connectivity index is 2.36. The highest BCUT2D eigenvalue weighted by atomic mass is 16.5. The number of carbonyl (C=O) groups is 2. The van der Waals surface area contributed by atoms with Crippen LogP contribution in [0.1, 0.15) is 12.0 Å². The summed E-state index contributed by atoms with van der Waals surface area (Å²) in [5, 5.41) is 2.65. The molecular formula is C11H11NO3. The summed E-state index contributed by atoms with van der Waals surface area (Å²) in [4.78, 5) is 22.5. The van der Waals surface area contributed by atoms with Crippen LogP contribution in [0.15, 0.2) is 18.2 Å². The maximum atomic E-state index is 11.3. The molecule has 15 heavy (non-hydrogen) atoms. The molecule has 1 amide bonds. The van der Waals surface area contributed by atoms with Gasteiger partial charge in [0.1, 0.15) is 12.4 Å². The van der Waals surface area contributed by atoms with E-state index in [1.807, 2.05) is 19.1 Å². The van der Waals surface area contributed by atoms with Crippen LogP contribution in [0.5, 0.6) is 5.75 Å². The second-order valence-corrected chi connectivity index (χ2v) is 3.55. The molecule has 0 aromatic heterocycles. The molecular weight excluding hydrogens is 194 g/mol. The fourth-order valence-corrected chi connectivity index (χ4v) is 1.45. The van der Waals surface area contributed by atoms with Gasteiger partial charge in [-0.1, -0.05) is 6.07 Å². The number of amides is 1. The van der Waals surface area contributed by atoms with Crippen molar-refractivity contribution < 1.29 is 14.3 Å². The summed E-state index contributed by atoms with van der Waals surface area (Å²) in [5.41, 5.74) is 1.66. The van der Waals surface area contributed by atoms with E-state index in [1.54, 1.807) is 6.07 Å². The van der Waals surface area contributed by atoms with Crippen molar-refractivity contribution in [2.75, 3.05) is 11.9 Å². The first kappa shape index (κ1) is 9.71. The minimum Gasteiger partial charge on any atom is -0.484 e. The average molecular weight is 205 g/mol. The van der Waals surface area contributed by atoms with Gasteiger partial charge in [0.2, 0.25) is 5.91 Å². The first-order valence-corrected chi connectivity index (χ1v) is 4.70. The highest BCUT2D eigenvalue weighted by molar-refractivity contribution is 6.06. The predicted octanol–water partition coefficient (Wildman–Crippen LogP) is 1.29. The second-order valence-electron chi connectivity index (χ2n) is 3.55. The topological polar surface area (TPSA) is 55.4 Å². The van der Waals surface area contributed by atoms with Gasteiger partial charge in [0, 0.05) is 0 Å². The van der Waals surface area contributed by atoms with Gasteiger partial charge in [-0.3, -0.25) is 9.59 Å². The van der Waals surface area contributed by atoms with Crippen LogP contribution < -0.4 is 10.1 Å². The van der Waals surface area contributed by atoms with Crippen LogP contribution in [0.2, 0.25) is 0 Å². The zero-order valence-electron chi connectivity index (χ0n) is 8.37. The normalized spacial score (nSPS) is 15.8. The Labute approximate surface area is 87.2 Å². The molecule has 0 bridgehead atoms. The average Bonchev–Trinajstić information content (AvgIpc) is 2.14. The van der Waals surface area contributed by atoms with Crippen molar-refractivity contribution in [1.29, 1.82) is 0 Å². The fourth-order valence-electron chi connectivity index (χ4n) is 1.45. The van der Waals surface area contributed by atoms with Gasteiger partial charge in [0.25, 0.3) is 0 Å². The van der Waals surface area contributed by atoms with Gasteiger partial charge in [-0.15, -0.1) is 0 Å². The molecule has 0 saturated heterocycles. The van der Waals surface area contributed by atoms with Crippen LogP contribution in [0, 0.1) is 6.92 Å². The number of hydrogen-bond acceptors (Lipinski definition) is 3. The molecule has 0 aliphatic carbocycles. The number of Topliss-reactive ketones (excluding diaryl/α,β-unsaturated/α-hetero) is 1. The highest BCUT2D eigenvalue weighted by Gasteiger charge is 2.17. The van der Waals surface area contributed by atoms with Crippen LogP contribution in [0.3, 0.4) is 0 Å². The third-order valence-electron chi connectivity index (χ3n) is 2.16. The number of ether oxygens (including phenoxy) is 1. The van der Waals surface area contributed by atoms with Gasteiger partial charge in [-0.25, -0.2) is 0 Å². The first-order valence-electron chi connectivity index (χ1n) is 4.70. The Hall–Kier alpha value is -1.84. The number of hydrogen-bond donors (Lipinski definition) is 1. The molecule has 0 fully saturated rings. The molecule has 1 heterocycles. The number of benzene rings is 1. The Morgan fingerprint density at radius 1 is 1.33 bits per heavy atom. The molecule has 0 spiro atoms. The quantitative estimate of drug-likeness (QED) is 0.649. The van der Waals surface area contributed by atoms with Crippen LogP contribution in [0.25, 0.3) is 0 Å². The lowest BCUT2D eigenvalue weighted by molar-refractivity contribution is -0.127. The van der Waals surface area contributed by atoms with Crippen molar-refractivity contribution in [2.45, 2.75) is 13.3 Å². The Bertz CT molecular complexity index is 426. The Morgan fingerprint density at radius 2 is 2.13 bits per heavy atom. The number of ketones is 1. The summed E-state index contributed by atoms with van der Waals surface area (Å²) in [6.45, 7) is 1.89. The van der Waals surface area contributed by atoms with E-state index >= 15 is 0 Å². The largest absolute Gasteiger partial charge is 0.484 e. The van der Waals surface area contributed by atoms with Gasteiger partial charge in [-0.2, -0.15) is 0 Å². The van der Waals surface area contributed by atoms with E-state index in [1.165, 1.54) is 0 Å². The summed E-state index contributed by atoms with van der Waals surface area (Å²) in [6.07, 6.45) is -0.118. The monoisotopic (exact) mass is 205 g/mol. The standard InChI is InChI=1S/C11H11NO3/c1-7-2-3-10-9(4-7)12-11(14)5-8(13)6-15-10/h2-4H,5-6H2,1H3,(H,12,14). The Morgan fingerprint density at radius 3 is 2.93 bits per heavy atom. The lowest BCUT2D eigenvalue weighted by atomic mass is 10.2. The smallest absolute Gasteiger partial charge is 0.232 e. The molecule has 78 valence electrons. The van der Waals surface area contributed by atoms with Crippen molar-refractivity contribution in [1.82, 2.24) is 0 Å². The van der Waals surface area contributed by atoms with Gasteiger partial charge in [0.15, 0.2) is 5.78 Å². The van der Waals surface area contributed by atoms with Gasteiger partial charge in [0.05, 0.1) is 12.1 Å². The van der Waals surface area contributed by atoms with Crippen molar-refractivity contribution in [3.63, 3.8) is 0 Å². The molecule has 1 aliphatic heterocycles. The molecule has 0 atom stereocenters. The number of anilines is 1. The molecule has 1 aromatic carbocycles. The van der Waals surface area contributed by atoms with Crippen LogP contribution in [-0.4, -0.2) is 18.3 Å². The van der Waals surface area contributed by atoms with E-state index in [-0.39, 0.29) is 24.7 Å². The SMILES string of the molecule is Cc1ccc2c(c1)NC(=O)CC(=O)CO2. The predicted molar refractivity (Wildman–Crippen MR) is 54.9 cm³/mol. The van der Waals surface area contributed by atoms with E-state index in [2.05, 4.69) is 5.32 Å². The van der Waals surface area contributed by atoms with Crippen molar-refractivity contribution in [3.8, 4) is 5.75 Å². The minimum atomic E-state index is -0.282. The molecule has 1 aromatic rings. The maximum absolute atomic E-state index is 11.3. The summed E-state index contributed by atoms with van der Waals surface area (Å²) in [5.74, 6) is 0.0517. The number of fused-ring (bicyclic) bond motifs is 1. The molecule has 2 rings (SSSR count). The summed E-state index contributed by atoms with van der Waals surface area (Å²) in [6, 6.07) is 5.45. The van der Waals surface area contributed by atoms with Gasteiger partial charge in [-0.05, 0) is 24.6 Å². The zero-order chi connectivity index (χ0) is 10.8. The van der Waals surface area contributed by atoms with Crippen molar-refractivity contribution in [2.24, 2.45) is 0 Å². The van der Waals surface area contributed by atoms with Crippen LogP contribution in [-0.2, 0) is 9.59 Å². The number of aryl methyl sites for hydroxylation is 1. The van der Waals surface area contributed by atoms with E-state index in [9.17, 15) is 9.59 Å². The van der Waals surface area contributed by atoms with E-state index < -0.39 is 0 Å². The molecule has 0 unspecified atom stereocenters. The highest BCUT2D eigenvalue weighted by Crippen LogP contribution is 2.26. The molecule has 4 heteroatoms. The fraction of sp³-hybridized carbons (Fsp3) is 0.273. The Kier molecular flexibility index (Phi) is 2.41.